The molecule has 116 valence electrons. The molecule has 1 fully saturated rings. The van der Waals surface area contributed by atoms with E-state index in [9.17, 15) is 20.1 Å². The summed E-state index contributed by atoms with van der Waals surface area (Å²) in [5, 5.41) is 31.8. The molecule has 0 radical (unpaired) electrons. The minimum absolute atomic E-state index is 0.180. The summed E-state index contributed by atoms with van der Waals surface area (Å²) in [5.41, 5.74) is 0.615. The lowest BCUT2D eigenvalue weighted by Crippen LogP contribution is -2.58. The van der Waals surface area contributed by atoms with Crippen molar-refractivity contribution in [3.05, 3.63) is 24.3 Å². The van der Waals surface area contributed by atoms with E-state index >= 15 is 0 Å². The summed E-state index contributed by atoms with van der Waals surface area (Å²) in [4.78, 5) is 10.9. The number of carbonyl (C=O) groups excluding carboxylic acids is 1. The fraction of sp³-hybridized carbons (Fsp3) is 0.500. The molecule has 1 saturated heterocycles. The van der Waals surface area contributed by atoms with Crippen LogP contribution in [0.2, 0.25) is 0 Å². The van der Waals surface area contributed by atoms with Crippen molar-refractivity contribution >= 4 is 11.6 Å². The molecule has 1 aliphatic heterocycles. The summed E-state index contributed by atoms with van der Waals surface area (Å²) in [6, 6.07) is 6.48. The standard InChI is InChI=1S/C14H19NO6/c1-7-11(17)12(18)13(19)14(20-7)21-10-5-3-9(4-6-10)15-8(2)16/h3-7,11-14,17-19H,1-2H3,(H,15,16)/t7-,11?,12+,13+,14?/m0/s1. The number of aliphatic hydroxyl groups is 3. The summed E-state index contributed by atoms with van der Waals surface area (Å²) in [6.07, 6.45) is -5.59. The van der Waals surface area contributed by atoms with E-state index < -0.39 is 30.7 Å². The van der Waals surface area contributed by atoms with Gasteiger partial charge in [-0.1, -0.05) is 0 Å². The van der Waals surface area contributed by atoms with Gasteiger partial charge in [0.05, 0.1) is 6.10 Å². The summed E-state index contributed by atoms with van der Waals surface area (Å²) in [7, 11) is 0. The van der Waals surface area contributed by atoms with Crippen LogP contribution in [0.4, 0.5) is 5.69 Å². The van der Waals surface area contributed by atoms with Crippen molar-refractivity contribution < 1.29 is 29.6 Å². The van der Waals surface area contributed by atoms with Gasteiger partial charge in [-0.2, -0.15) is 0 Å². The van der Waals surface area contributed by atoms with Gasteiger partial charge >= 0.3 is 0 Å². The van der Waals surface area contributed by atoms with Crippen LogP contribution in [0.5, 0.6) is 5.75 Å². The lowest BCUT2D eigenvalue weighted by atomic mass is 10.00. The van der Waals surface area contributed by atoms with E-state index in [1.165, 1.54) is 6.92 Å². The predicted octanol–water partition coefficient (Wildman–Crippen LogP) is -0.149. The zero-order chi connectivity index (χ0) is 15.6. The lowest BCUT2D eigenvalue weighted by Gasteiger charge is -2.38. The average Bonchev–Trinajstić information content (AvgIpc) is 2.44. The molecule has 7 heteroatoms. The van der Waals surface area contributed by atoms with Crippen LogP contribution in [0.25, 0.3) is 0 Å². The Morgan fingerprint density at radius 3 is 2.33 bits per heavy atom. The topological polar surface area (TPSA) is 108 Å². The summed E-state index contributed by atoms with van der Waals surface area (Å²) < 4.78 is 10.8. The Kier molecular flexibility index (Phi) is 4.79. The molecule has 0 spiro atoms. The van der Waals surface area contributed by atoms with Gasteiger partial charge in [0.2, 0.25) is 12.2 Å². The second-order valence-electron chi connectivity index (χ2n) is 5.00. The number of rotatable bonds is 3. The Bertz CT molecular complexity index is 491. The third kappa shape index (κ3) is 3.70. The largest absolute Gasteiger partial charge is 0.462 e. The third-order valence-electron chi connectivity index (χ3n) is 3.24. The first-order valence-corrected chi connectivity index (χ1v) is 6.62. The monoisotopic (exact) mass is 297 g/mol. The Morgan fingerprint density at radius 1 is 1.14 bits per heavy atom. The van der Waals surface area contributed by atoms with Crippen LogP contribution in [0.15, 0.2) is 24.3 Å². The molecule has 7 nitrogen and oxygen atoms in total. The molecule has 5 atom stereocenters. The number of anilines is 1. The highest BCUT2D eigenvalue weighted by atomic mass is 16.7. The van der Waals surface area contributed by atoms with Crippen molar-refractivity contribution in [3.8, 4) is 5.75 Å². The van der Waals surface area contributed by atoms with Crippen molar-refractivity contribution in [1.29, 1.82) is 0 Å². The predicted molar refractivity (Wildman–Crippen MR) is 73.7 cm³/mol. The number of amides is 1. The van der Waals surface area contributed by atoms with Crippen molar-refractivity contribution in [2.45, 2.75) is 44.6 Å². The second kappa shape index (κ2) is 6.40. The van der Waals surface area contributed by atoms with Crippen LogP contribution >= 0.6 is 0 Å². The van der Waals surface area contributed by atoms with E-state index in [1.807, 2.05) is 0 Å². The maximum absolute atomic E-state index is 10.9. The normalized spacial score (nSPS) is 32.5. The van der Waals surface area contributed by atoms with Gasteiger partial charge in [0, 0.05) is 12.6 Å². The van der Waals surface area contributed by atoms with Crippen LogP contribution in [0.3, 0.4) is 0 Å². The maximum Gasteiger partial charge on any atom is 0.229 e. The molecule has 1 aromatic carbocycles. The molecule has 0 bridgehead atoms. The average molecular weight is 297 g/mol. The van der Waals surface area contributed by atoms with Crippen LogP contribution in [0.1, 0.15) is 13.8 Å². The van der Waals surface area contributed by atoms with Gasteiger partial charge < -0.3 is 30.1 Å². The highest BCUT2D eigenvalue weighted by Gasteiger charge is 2.43. The molecule has 0 saturated carbocycles. The Morgan fingerprint density at radius 2 is 1.76 bits per heavy atom. The molecule has 4 N–H and O–H groups in total. The SMILES string of the molecule is CC(=O)Nc1ccc(OC2O[C@@H](C)C(O)[C@@H](O)[C@H]2O)cc1. The van der Waals surface area contributed by atoms with Crippen LogP contribution in [-0.4, -0.2) is 51.9 Å². The molecule has 1 amide bonds. The molecule has 2 unspecified atom stereocenters. The van der Waals surface area contributed by atoms with Gasteiger partial charge in [-0.05, 0) is 31.2 Å². The number of hydrogen-bond acceptors (Lipinski definition) is 6. The first kappa shape index (κ1) is 15.7. The summed E-state index contributed by atoms with van der Waals surface area (Å²) in [6.45, 7) is 2.99. The molecular formula is C14H19NO6. The highest BCUT2D eigenvalue weighted by molar-refractivity contribution is 5.88. The zero-order valence-corrected chi connectivity index (χ0v) is 11.8. The van der Waals surface area contributed by atoms with Crippen LogP contribution in [0, 0.1) is 0 Å². The van der Waals surface area contributed by atoms with Crippen LogP contribution in [-0.2, 0) is 9.53 Å². The molecule has 0 aromatic heterocycles. The Labute approximate surface area is 122 Å². The van der Waals surface area contributed by atoms with Crippen molar-refractivity contribution in [1.82, 2.24) is 0 Å². The van der Waals surface area contributed by atoms with Gasteiger partial charge in [0.1, 0.15) is 24.1 Å². The minimum Gasteiger partial charge on any atom is -0.462 e. The fourth-order valence-electron chi connectivity index (χ4n) is 2.06. The quantitative estimate of drug-likeness (QED) is 0.618. The molecule has 1 heterocycles. The van der Waals surface area contributed by atoms with E-state index in [1.54, 1.807) is 31.2 Å². The number of carbonyl (C=O) groups is 1. The second-order valence-corrected chi connectivity index (χ2v) is 5.00. The van der Waals surface area contributed by atoms with Crippen molar-refractivity contribution in [2.24, 2.45) is 0 Å². The molecule has 0 aliphatic carbocycles. The summed E-state index contributed by atoms with van der Waals surface area (Å²) >= 11 is 0. The smallest absolute Gasteiger partial charge is 0.229 e. The number of nitrogens with one attached hydrogen (secondary N) is 1. The van der Waals surface area contributed by atoms with Gasteiger partial charge in [-0.25, -0.2) is 0 Å². The van der Waals surface area contributed by atoms with E-state index in [0.29, 0.717) is 11.4 Å². The fourth-order valence-corrected chi connectivity index (χ4v) is 2.06. The highest BCUT2D eigenvalue weighted by Crippen LogP contribution is 2.24. The summed E-state index contributed by atoms with van der Waals surface area (Å²) in [5.74, 6) is 0.226. The number of aliphatic hydroxyl groups excluding tert-OH is 3. The number of ether oxygens (including phenoxy) is 2. The Balaban J connectivity index is 2.02. The van der Waals surface area contributed by atoms with E-state index in [2.05, 4.69) is 5.32 Å². The minimum atomic E-state index is -1.36. The Hall–Kier alpha value is -1.67. The lowest BCUT2D eigenvalue weighted by molar-refractivity contribution is -0.268. The van der Waals surface area contributed by atoms with Crippen molar-refractivity contribution in [2.75, 3.05) is 5.32 Å². The van der Waals surface area contributed by atoms with Gasteiger partial charge in [0.25, 0.3) is 0 Å². The first-order valence-electron chi connectivity index (χ1n) is 6.62. The maximum atomic E-state index is 10.9. The molecular weight excluding hydrogens is 278 g/mol. The molecule has 1 aliphatic rings. The van der Waals surface area contributed by atoms with E-state index in [-0.39, 0.29) is 5.91 Å². The van der Waals surface area contributed by atoms with Gasteiger partial charge in [0.15, 0.2) is 0 Å². The van der Waals surface area contributed by atoms with Gasteiger partial charge in [-0.15, -0.1) is 0 Å². The molecule has 1 aromatic rings. The van der Waals surface area contributed by atoms with Gasteiger partial charge in [-0.3, -0.25) is 4.79 Å². The molecule has 21 heavy (non-hydrogen) atoms. The van der Waals surface area contributed by atoms with E-state index in [4.69, 9.17) is 9.47 Å². The van der Waals surface area contributed by atoms with Crippen LogP contribution < -0.4 is 10.1 Å². The van der Waals surface area contributed by atoms with Crippen molar-refractivity contribution in [3.63, 3.8) is 0 Å². The number of hydrogen-bond donors (Lipinski definition) is 4. The zero-order valence-electron chi connectivity index (χ0n) is 11.8. The first-order chi connectivity index (χ1) is 9.88. The molecule has 2 rings (SSSR count). The number of benzene rings is 1. The third-order valence-corrected chi connectivity index (χ3v) is 3.24. The van der Waals surface area contributed by atoms with E-state index in [0.717, 1.165) is 0 Å².